The fraction of sp³-hybridized carbons (Fsp3) is 0.348. The summed E-state index contributed by atoms with van der Waals surface area (Å²) in [6.45, 7) is 8.60. The summed E-state index contributed by atoms with van der Waals surface area (Å²) in [4.78, 5) is 7.06. The number of aryl methyl sites for hydroxylation is 1. The van der Waals surface area contributed by atoms with E-state index in [1.807, 2.05) is 13.3 Å². The summed E-state index contributed by atoms with van der Waals surface area (Å²) in [5.41, 5.74) is 6.40. The van der Waals surface area contributed by atoms with Crippen LogP contribution in [0.4, 0.5) is 0 Å². The first kappa shape index (κ1) is 20.9. The van der Waals surface area contributed by atoms with E-state index < -0.39 is 20.6 Å². The third-order valence-corrected chi connectivity index (χ3v) is 9.25. The van der Waals surface area contributed by atoms with E-state index in [0.717, 1.165) is 12.1 Å². The van der Waals surface area contributed by atoms with Crippen molar-refractivity contribution >= 4 is 30.4 Å². The molecule has 0 aliphatic carbocycles. The van der Waals surface area contributed by atoms with E-state index in [4.69, 9.17) is 8.01 Å². The fourth-order valence-electron chi connectivity index (χ4n) is 3.11. The van der Waals surface area contributed by atoms with Crippen LogP contribution in [0.2, 0.25) is 4.87 Å². The van der Waals surface area contributed by atoms with Crippen molar-refractivity contribution in [1.82, 2.24) is 0 Å². The average molecular weight is 458 g/mol. The maximum atomic E-state index is 5.71. The second-order valence-electron chi connectivity index (χ2n) is 6.43. The summed E-state index contributed by atoms with van der Waals surface area (Å²) in [5.74, 6) is 0.147. The van der Waals surface area contributed by atoms with Gasteiger partial charge < -0.3 is 0 Å². The van der Waals surface area contributed by atoms with E-state index in [-0.39, 0.29) is 5.92 Å². The Morgan fingerprint density at radius 1 is 1.19 bits per heavy atom. The zero-order valence-corrected chi connectivity index (χ0v) is 19.3. The van der Waals surface area contributed by atoms with Gasteiger partial charge in [-0.1, -0.05) is 0 Å². The summed E-state index contributed by atoms with van der Waals surface area (Å²) in [5, 5.41) is 0. The van der Waals surface area contributed by atoms with Gasteiger partial charge in [0.25, 0.3) is 0 Å². The van der Waals surface area contributed by atoms with E-state index in [1.165, 1.54) is 25.8 Å². The van der Waals surface area contributed by atoms with Crippen molar-refractivity contribution in [3.63, 3.8) is 0 Å². The molecule has 0 amide bonds. The number of benzene rings is 2. The maximum absolute atomic E-state index is 5.71. The van der Waals surface area contributed by atoms with Gasteiger partial charge in [0, 0.05) is 0 Å². The molecule has 2 nitrogen and oxygen atoms in total. The molecule has 2 rings (SSSR count). The Kier molecular flexibility index (Phi) is 8.12. The van der Waals surface area contributed by atoms with Gasteiger partial charge in [-0.15, -0.1) is 0 Å². The second kappa shape index (κ2) is 10.1. The van der Waals surface area contributed by atoms with Crippen LogP contribution in [-0.4, -0.2) is 34.0 Å². The van der Waals surface area contributed by atoms with Gasteiger partial charge in [-0.05, 0) is 0 Å². The van der Waals surface area contributed by atoms with Crippen molar-refractivity contribution in [2.75, 3.05) is 7.11 Å². The van der Waals surface area contributed by atoms with Crippen LogP contribution in [0.5, 0.6) is 0 Å². The van der Waals surface area contributed by atoms with Gasteiger partial charge >= 0.3 is 167 Å². The first-order chi connectivity index (χ1) is 12.5. The van der Waals surface area contributed by atoms with Gasteiger partial charge in [0.15, 0.2) is 0 Å². The average Bonchev–Trinajstić information content (AvgIpc) is 2.67. The predicted molar refractivity (Wildman–Crippen MR) is 115 cm³/mol. The van der Waals surface area contributed by atoms with Crippen molar-refractivity contribution < 1.29 is 3.02 Å². The quantitative estimate of drug-likeness (QED) is 0.408. The number of rotatable bonds is 7. The van der Waals surface area contributed by atoms with E-state index >= 15 is 0 Å². The molecule has 0 aromatic heterocycles. The molecule has 138 valence electrons. The molecular weight excluding hydrogens is 428 g/mol. The molecule has 0 N–H and O–H groups in total. The summed E-state index contributed by atoms with van der Waals surface area (Å²) in [6, 6.07) is 15.5. The molecule has 0 fully saturated rings. The Morgan fingerprint density at radius 3 is 2.58 bits per heavy atom. The molecule has 0 saturated carbocycles. The van der Waals surface area contributed by atoms with Crippen LogP contribution in [0.15, 0.2) is 59.2 Å². The molecule has 2 aromatic carbocycles. The van der Waals surface area contributed by atoms with Crippen molar-refractivity contribution in [2.24, 2.45) is 4.99 Å². The van der Waals surface area contributed by atoms with Crippen LogP contribution in [-0.2, 0) is 3.02 Å². The van der Waals surface area contributed by atoms with E-state index in [9.17, 15) is 0 Å². The number of aliphatic imine (C=N–C) groups is 1. The molecule has 0 bridgehead atoms. The summed E-state index contributed by atoms with van der Waals surface area (Å²) in [6.07, 6.45) is 5.09. The molecule has 0 radical (unpaired) electrons. The van der Waals surface area contributed by atoms with Crippen LogP contribution in [0.25, 0.3) is 0 Å². The van der Waals surface area contributed by atoms with Crippen molar-refractivity contribution in [3.05, 3.63) is 76.5 Å². The summed E-state index contributed by atoms with van der Waals surface area (Å²) >= 11 is -1.80. The predicted octanol–water partition coefficient (Wildman–Crippen LogP) is 5.29. The standard InChI is InChI=1S/C21H24N.CH3O.CH3.Sb/c1-5-15-22-20(6-2)21(18-12-8-7-9-13-18)19-14-10-11-16(3)17(19)4;1-2;;/h6-8,10-15,21H,5H2,1-4H3;1H3;1H3;/q;-1;;+1/b20-6-,22-15?;;;. The first-order valence-electron chi connectivity index (χ1n) is 9.16. The van der Waals surface area contributed by atoms with Gasteiger partial charge in [0.05, 0.1) is 0 Å². The van der Waals surface area contributed by atoms with E-state index in [1.54, 1.807) is 0 Å². The van der Waals surface area contributed by atoms with Gasteiger partial charge in [0.2, 0.25) is 0 Å². The third-order valence-electron chi connectivity index (χ3n) is 4.81. The SMILES string of the molecule is C/C=C(\N=CCC)C(c1ccc[c]([Sb]([CH3])[O]C)c1)c1cccc(C)c1C. The Hall–Kier alpha value is -1.37. The van der Waals surface area contributed by atoms with Crippen molar-refractivity contribution in [1.29, 1.82) is 0 Å². The van der Waals surface area contributed by atoms with Crippen molar-refractivity contribution in [3.8, 4) is 0 Å². The Morgan fingerprint density at radius 2 is 1.92 bits per heavy atom. The molecule has 0 heterocycles. The first-order valence-corrected chi connectivity index (χ1v) is 14.0. The van der Waals surface area contributed by atoms with Gasteiger partial charge in [-0.2, -0.15) is 0 Å². The van der Waals surface area contributed by atoms with E-state index in [0.29, 0.717) is 0 Å². The second-order valence-corrected chi connectivity index (χ2v) is 11.8. The normalized spacial score (nSPS) is 13.6. The number of allylic oxidation sites excluding steroid dienone is 2. The van der Waals surface area contributed by atoms with E-state index in [2.05, 4.69) is 81.1 Å². The minimum absolute atomic E-state index is 0.147. The summed E-state index contributed by atoms with van der Waals surface area (Å²) in [7, 11) is 1.83. The molecule has 1 atom stereocenters. The number of hydrogen-bond donors (Lipinski definition) is 0. The Labute approximate surface area is 166 Å². The Balaban J connectivity index is 2.65. The number of nitrogens with zero attached hydrogens (tertiary/aromatic N) is 1. The number of hydrogen-bond acceptors (Lipinski definition) is 2. The topological polar surface area (TPSA) is 21.6 Å². The molecule has 0 aliphatic heterocycles. The van der Waals surface area contributed by atoms with Gasteiger partial charge in [-0.25, -0.2) is 0 Å². The zero-order valence-electron chi connectivity index (χ0n) is 16.8. The third kappa shape index (κ3) is 4.87. The van der Waals surface area contributed by atoms with Crippen molar-refractivity contribution in [2.45, 2.75) is 44.9 Å². The molecule has 0 saturated heterocycles. The van der Waals surface area contributed by atoms with Gasteiger partial charge in [-0.3, -0.25) is 0 Å². The molecule has 1 unspecified atom stereocenters. The molecule has 3 heteroatoms. The Bertz CT molecular complexity index is 795. The fourth-order valence-corrected chi connectivity index (χ4v) is 5.51. The van der Waals surface area contributed by atoms with Crippen LogP contribution in [0, 0.1) is 13.8 Å². The zero-order chi connectivity index (χ0) is 19.1. The molecular formula is C23H30NOSb. The van der Waals surface area contributed by atoms with Crippen LogP contribution < -0.4 is 3.51 Å². The summed E-state index contributed by atoms with van der Waals surface area (Å²) < 4.78 is 7.08. The molecule has 2 aromatic rings. The van der Waals surface area contributed by atoms with Crippen LogP contribution in [0.1, 0.15) is 48.4 Å². The minimum atomic E-state index is -1.80. The monoisotopic (exact) mass is 457 g/mol. The van der Waals surface area contributed by atoms with Crippen LogP contribution in [0.3, 0.4) is 0 Å². The molecule has 26 heavy (non-hydrogen) atoms. The molecule has 0 spiro atoms. The molecule has 0 aliphatic rings. The van der Waals surface area contributed by atoms with Crippen LogP contribution >= 0.6 is 0 Å². The van der Waals surface area contributed by atoms with Gasteiger partial charge in [0.1, 0.15) is 0 Å².